The zero-order valence-electron chi connectivity index (χ0n) is 13.4. The standard InChI is InChI=1S/C16H19BO4S/c1-9-11-8-10(6-7-12(11)22-13(9)14(18)19)17-20-15(2,3)16(4,5)21-17/h6-8H,1-5H3,(H,18,19). The Bertz CT molecular complexity index is 747. The molecule has 1 fully saturated rings. The molecule has 0 saturated carbocycles. The molecule has 0 spiro atoms. The third-order valence-electron chi connectivity index (χ3n) is 4.68. The van der Waals surface area contributed by atoms with Crippen LogP contribution in [0.15, 0.2) is 18.2 Å². The van der Waals surface area contributed by atoms with Crippen molar-refractivity contribution in [2.45, 2.75) is 45.8 Å². The van der Waals surface area contributed by atoms with Gasteiger partial charge in [0.1, 0.15) is 4.88 Å². The highest BCUT2D eigenvalue weighted by Gasteiger charge is 2.51. The summed E-state index contributed by atoms with van der Waals surface area (Å²) in [6.07, 6.45) is 0. The van der Waals surface area contributed by atoms with Crippen molar-refractivity contribution in [3.05, 3.63) is 28.6 Å². The first-order valence-corrected chi connectivity index (χ1v) is 8.06. The van der Waals surface area contributed by atoms with Crippen LogP contribution in [0.3, 0.4) is 0 Å². The zero-order chi connectivity index (χ0) is 16.3. The minimum absolute atomic E-state index is 0.386. The van der Waals surface area contributed by atoms with Crippen LogP contribution in [-0.2, 0) is 9.31 Å². The van der Waals surface area contributed by atoms with E-state index in [-0.39, 0.29) is 11.2 Å². The van der Waals surface area contributed by atoms with Gasteiger partial charge in [0.25, 0.3) is 0 Å². The average Bonchev–Trinajstić information content (AvgIpc) is 2.84. The lowest BCUT2D eigenvalue weighted by Gasteiger charge is -2.32. The fraction of sp³-hybridized carbons (Fsp3) is 0.438. The fourth-order valence-electron chi connectivity index (χ4n) is 2.57. The molecule has 1 aliphatic rings. The lowest BCUT2D eigenvalue weighted by molar-refractivity contribution is 0.00578. The number of aromatic carboxylic acids is 1. The zero-order valence-corrected chi connectivity index (χ0v) is 14.2. The van der Waals surface area contributed by atoms with Crippen LogP contribution in [-0.4, -0.2) is 29.4 Å². The molecule has 6 heteroatoms. The molecule has 1 aliphatic heterocycles. The van der Waals surface area contributed by atoms with Gasteiger partial charge in [0.15, 0.2) is 0 Å². The highest BCUT2D eigenvalue weighted by Crippen LogP contribution is 2.37. The van der Waals surface area contributed by atoms with E-state index >= 15 is 0 Å². The Labute approximate surface area is 134 Å². The normalized spacial score (nSPS) is 19.8. The number of fused-ring (bicyclic) bond motifs is 1. The Kier molecular flexibility index (Phi) is 3.40. The molecule has 3 rings (SSSR count). The van der Waals surface area contributed by atoms with Gasteiger partial charge in [-0.2, -0.15) is 0 Å². The number of carboxylic acids is 1. The van der Waals surface area contributed by atoms with Crippen LogP contribution < -0.4 is 5.46 Å². The van der Waals surface area contributed by atoms with Gasteiger partial charge in [-0.3, -0.25) is 0 Å². The van der Waals surface area contributed by atoms with Gasteiger partial charge >= 0.3 is 13.1 Å². The number of hydrogen-bond donors (Lipinski definition) is 1. The Morgan fingerprint density at radius 2 is 1.77 bits per heavy atom. The van der Waals surface area contributed by atoms with E-state index in [1.54, 1.807) is 0 Å². The third-order valence-corrected chi connectivity index (χ3v) is 5.94. The smallest absolute Gasteiger partial charge is 0.477 e. The minimum Gasteiger partial charge on any atom is -0.477 e. The summed E-state index contributed by atoms with van der Waals surface area (Å²) in [7, 11) is -0.429. The third kappa shape index (κ3) is 2.26. The van der Waals surface area contributed by atoms with Crippen molar-refractivity contribution in [2.24, 2.45) is 0 Å². The van der Waals surface area contributed by atoms with Gasteiger partial charge < -0.3 is 14.4 Å². The maximum Gasteiger partial charge on any atom is 0.494 e. The van der Waals surface area contributed by atoms with Crippen LogP contribution in [0.2, 0.25) is 0 Å². The molecule has 0 bridgehead atoms. The average molecular weight is 318 g/mol. The van der Waals surface area contributed by atoms with E-state index < -0.39 is 13.1 Å². The summed E-state index contributed by atoms with van der Waals surface area (Å²) in [6.45, 7) is 9.91. The van der Waals surface area contributed by atoms with Crippen molar-refractivity contribution in [1.29, 1.82) is 0 Å². The molecule has 22 heavy (non-hydrogen) atoms. The van der Waals surface area contributed by atoms with Crippen LogP contribution in [0.1, 0.15) is 42.9 Å². The van der Waals surface area contributed by atoms with E-state index in [0.29, 0.717) is 4.88 Å². The van der Waals surface area contributed by atoms with E-state index in [9.17, 15) is 9.90 Å². The van der Waals surface area contributed by atoms with Gasteiger partial charge in [-0.1, -0.05) is 12.1 Å². The molecule has 1 saturated heterocycles. The molecule has 1 aromatic heterocycles. The number of carboxylic acid groups (broad SMARTS) is 1. The molecule has 0 unspecified atom stereocenters. The summed E-state index contributed by atoms with van der Waals surface area (Å²) >= 11 is 1.30. The minimum atomic E-state index is -0.879. The second kappa shape index (κ2) is 4.81. The number of carbonyl (C=O) groups is 1. The van der Waals surface area contributed by atoms with E-state index in [4.69, 9.17) is 9.31 Å². The van der Waals surface area contributed by atoms with Crippen molar-refractivity contribution in [1.82, 2.24) is 0 Å². The Morgan fingerprint density at radius 1 is 1.18 bits per heavy atom. The summed E-state index contributed by atoms with van der Waals surface area (Å²) in [5.74, 6) is -0.879. The van der Waals surface area contributed by atoms with Crippen molar-refractivity contribution in [2.75, 3.05) is 0 Å². The highest BCUT2D eigenvalue weighted by molar-refractivity contribution is 7.21. The molecular weight excluding hydrogens is 299 g/mol. The molecule has 0 amide bonds. The van der Waals surface area contributed by atoms with Gasteiger partial charge in [-0.15, -0.1) is 11.3 Å². The van der Waals surface area contributed by atoms with E-state index in [2.05, 4.69) is 0 Å². The molecule has 0 aliphatic carbocycles. The Morgan fingerprint density at radius 3 is 2.32 bits per heavy atom. The largest absolute Gasteiger partial charge is 0.494 e. The quantitative estimate of drug-likeness (QED) is 0.864. The molecule has 4 nitrogen and oxygen atoms in total. The second-order valence-corrected chi connectivity index (χ2v) is 7.76. The van der Waals surface area contributed by atoms with Crippen LogP contribution in [0.4, 0.5) is 0 Å². The molecule has 116 valence electrons. The molecule has 0 radical (unpaired) electrons. The van der Waals surface area contributed by atoms with Crippen molar-refractivity contribution in [3.8, 4) is 0 Å². The highest BCUT2D eigenvalue weighted by atomic mass is 32.1. The predicted octanol–water partition coefficient (Wildman–Crippen LogP) is 3.21. The number of rotatable bonds is 2. The summed E-state index contributed by atoms with van der Waals surface area (Å²) in [5, 5.41) is 10.2. The molecule has 2 aromatic rings. The number of benzene rings is 1. The fourth-order valence-corrected chi connectivity index (χ4v) is 3.60. The maximum atomic E-state index is 11.3. The summed E-state index contributed by atoms with van der Waals surface area (Å²) in [4.78, 5) is 11.7. The first-order chi connectivity index (χ1) is 10.1. The maximum absolute atomic E-state index is 11.3. The molecular formula is C16H19BO4S. The van der Waals surface area contributed by atoms with E-state index in [0.717, 1.165) is 21.1 Å². The molecule has 2 heterocycles. The summed E-state index contributed by atoms with van der Waals surface area (Å²) in [6, 6.07) is 5.88. The van der Waals surface area contributed by atoms with E-state index in [1.807, 2.05) is 52.8 Å². The first kappa shape index (κ1) is 15.5. The van der Waals surface area contributed by atoms with Crippen LogP contribution in [0, 0.1) is 6.92 Å². The van der Waals surface area contributed by atoms with Crippen molar-refractivity contribution >= 4 is 40.0 Å². The van der Waals surface area contributed by atoms with Gasteiger partial charge in [0.05, 0.1) is 11.2 Å². The van der Waals surface area contributed by atoms with Gasteiger partial charge in [-0.05, 0) is 57.1 Å². The van der Waals surface area contributed by atoms with Crippen molar-refractivity contribution < 1.29 is 19.2 Å². The second-order valence-electron chi connectivity index (χ2n) is 6.71. The lowest BCUT2D eigenvalue weighted by atomic mass is 9.78. The van der Waals surface area contributed by atoms with Gasteiger partial charge in [0, 0.05) is 4.70 Å². The Balaban J connectivity index is 2.03. The number of thiophene rings is 1. The monoisotopic (exact) mass is 318 g/mol. The summed E-state index contributed by atoms with van der Waals surface area (Å²) < 4.78 is 13.1. The number of hydrogen-bond acceptors (Lipinski definition) is 4. The molecule has 1 N–H and O–H groups in total. The van der Waals surface area contributed by atoms with Gasteiger partial charge in [-0.25, -0.2) is 4.79 Å². The predicted molar refractivity (Wildman–Crippen MR) is 89.2 cm³/mol. The van der Waals surface area contributed by atoms with Gasteiger partial charge in [0.2, 0.25) is 0 Å². The van der Waals surface area contributed by atoms with Crippen LogP contribution >= 0.6 is 11.3 Å². The van der Waals surface area contributed by atoms with Crippen LogP contribution in [0.25, 0.3) is 10.1 Å². The summed E-state index contributed by atoms with van der Waals surface area (Å²) in [5.41, 5.74) is 0.945. The lowest BCUT2D eigenvalue weighted by Crippen LogP contribution is -2.41. The Hall–Kier alpha value is -1.37. The van der Waals surface area contributed by atoms with Crippen molar-refractivity contribution in [3.63, 3.8) is 0 Å². The SMILES string of the molecule is Cc1c(C(=O)O)sc2ccc(B3OC(C)(C)C(C)(C)O3)cc12. The van der Waals surface area contributed by atoms with E-state index in [1.165, 1.54) is 11.3 Å². The molecule has 1 aromatic carbocycles. The number of aryl methyl sites for hydroxylation is 1. The molecule has 0 atom stereocenters. The first-order valence-electron chi connectivity index (χ1n) is 7.24. The topological polar surface area (TPSA) is 55.8 Å². The van der Waals surface area contributed by atoms with Crippen LogP contribution in [0.5, 0.6) is 0 Å².